The lowest BCUT2D eigenvalue weighted by molar-refractivity contribution is -0.291. The first-order valence-electron chi connectivity index (χ1n) is 6.39. The van der Waals surface area contributed by atoms with Gasteiger partial charge in [-0.05, 0) is 27.7 Å². The second-order valence-corrected chi connectivity index (χ2v) is 6.02. The summed E-state index contributed by atoms with van der Waals surface area (Å²) in [5.41, 5.74) is 0. The van der Waals surface area contributed by atoms with Crippen molar-refractivity contribution in [3.05, 3.63) is 0 Å². The summed E-state index contributed by atoms with van der Waals surface area (Å²) in [6.07, 6.45) is -5.33. The fourth-order valence-electron chi connectivity index (χ4n) is 2.87. The predicted molar refractivity (Wildman–Crippen MR) is 59.2 cm³/mol. The first-order valence-corrected chi connectivity index (χ1v) is 6.39. The van der Waals surface area contributed by atoms with Gasteiger partial charge >= 0.3 is 0 Å². The first-order chi connectivity index (χ1) is 8.69. The Hall–Kier alpha value is -0.280. The summed E-state index contributed by atoms with van der Waals surface area (Å²) >= 11 is 0. The van der Waals surface area contributed by atoms with Crippen molar-refractivity contribution < 1.29 is 33.9 Å². The molecule has 109 valence electrons. The van der Waals surface area contributed by atoms with Gasteiger partial charge in [0.05, 0.1) is 0 Å². The van der Waals surface area contributed by atoms with Gasteiger partial charge in [0, 0.05) is 0 Å². The van der Waals surface area contributed by atoms with Crippen LogP contribution in [0.4, 0.5) is 0 Å². The molecule has 3 rings (SSSR count). The van der Waals surface area contributed by atoms with Crippen LogP contribution in [0.2, 0.25) is 0 Å². The number of fused-ring (bicyclic) bond motifs is 3. The lowest BCUT2D eigenvalue weighted by atomic mass is 9.99. The molecule has 3 aliphatic rings. The molecule has 0 saturated carbocycles. The maximum atomic E-state index is 11.4. The Kier molecular flexibility index (Phi) is 2.96. The third-order valence-electron chi connectivity index (χ3n) is 3.47. The van der Waals surface area contributed by atoms with E-state index in [1.54, 1.807) is 27.7 Å². The fraction of sp³-hybridized carbons (Fsp3) is 1.00. The highest BCUT2D eigenvalue weighted by atomic mass is 16.9. The van der Waals surface area contributed by atoms with E-state index in [0.717, 1.165) is 0 Å². The summed E-state index contributed by atoms with van der Waals surface area (Å²) in [5.74, 6) is -1.67. The van der Waals surface area contributed by atoms with Gasteiger partial charge in [0.1, 0.15) is 24.4 Å². The molecule has 3 fully saturated rings. The molecule has 1 radical (unpaired) electrons. The highest BCUT2D eigenvalue weighted by Gasteiger charge is 2.61. The minimum Gasteiger partial charge on any atom is -0.364 e. The Balaban J connectivity index is 1.89. The van der Waals surface area contributed by atoms with E-state index in [1.807, 2.05) is 0 Å². The van der Waals surface area contributed by atoms with Crippen molar-refractivity contribution in [1.29, 1.82) is 0 Å². The molecule has 1 N–H and O–H groups in total. The van der Waals surface area contributed by atoms with Crippen LogP contribution in [0.25, 0.3) is 0 Å². The zero-order valence-corrected chi connectivity index (χ0v) is 11.4. The minimum atomic E-state index is -1.92. The first kappa shape index (κ1) is 13.7. The topological polar surface area (TPSA) is 86.3 Å². The molecule has 3 heterocycles. The molecule has 0 amide bonds. The molecule has 7 nitrogen and oxygen atoms in total. The van der Waals surface area contributed by atoms with Gasteiger partial charge in [-0.25, -0.2) is 0 Å². The van der Waals surface area contributed by atoms with E-state index in [0.29, 0.717) is 0 Å². The minimum absolute atomic E-state index is 0.475. The number of hydrogen-bond acceptors (Lipinski definition) is 6. The van der Waals surface area contributed by atoms with Gasteiger partial charge in [0.15, 0.2) is 17.9 Å². The molecule has 2 unspecified atom stereocenters. The zero-order chi connectivity index (χ0) is 14.0. The van der Waals surface area contributed by atoms with Crippen LogP contribution in [-0.4, -0.2) is 53.7 Å². The van der Waals surface area contributed by atoms with Crippen molar-refractivity contribution in [3.8, 4) is 0 Å². The van der Waals surface area contributed by atoms with Gasteiger partial charge in [-0.15, -0.1) is 0 Å². The Labute approximate surface area is 111 Å². The van der Waals surface area contributed by atoms with Crippen molar-refractivity contribution in [2.24, 2.45) is 0 Å². The molecule has 3 aliphatic heterocycles. The van der Waals surface area contributed by atoms with Crippen LogP contribution in [-0.2, 0) is 28.8 Å². The van der Waals surface area contributed by atoms with E-state index in [9.17, 15) is 10.2 Å². The lowest BCUT2D eigenvalue weighted by Gasteiger charge is -2.37. The Morgan fingerprint density at radius 3 is 2.05 bits per heavy atom. The average molecular weight is 275 g/mol. The van der Waals surface area contributed by atoms with E-state index in [2.05, 4.69) is 0 Å². The number of aliphatic hydroxyl groups excluding tert-OH is 1. The van der Waals surface area contributed by atoms with Crippen molar-refractivity contribution in [1.82, 2.24) is 0 Å². The van der Waals surface area contributed by atoms with Crippen molar-refractivity contribution >= 4 is 0 Å². The molecule has 6 atom stereocenters. The van der Waals surface area contributed by atoms with Crippen LogP contribution in [0.5, 0.6) is 0 Å². The van der Waals surface area contributed by atoms with Gasteiger partial charge in [0.2, 0.25) is 6.29 Å². The summed E-state index contributed by atoms with van der Waals surface area (Å²) < 4.78 is 28.3. The van der Waals surface area contributed by atoms with Gasteiger partial charge in [0.25, 0.3) is 0 Å². The second-order valence-electron chi connectivity index (χ2n) is 6.02. The lowest BCUT2D eigenvalue weighted by Crippen LogP contribution is -2.58. The Bertz CT molecular complexity index is 367. The van der Waals surface area contributed by atoms with Gasteiger partial charge in [-0.3, -0.25) is 0 Å². The zero-order valence-electron chi connectivity index (χ0n) is 11.4. The summed E-state index contributed by atoms with van der Waals surface area (Å²) in [6.45, 7) is 7.01. The normalized spacial score (nSPS) is 47.2. The molecular formula is C12H19O7. The predicted octanol–water partition coefficient (Wildman–Crippen LogP) is 0.132. The molecular weight excluding hydrogens is 256 g/mol. The van der Waals surface area contributed by atoms with Crippen LogP contribution in [0.1, 0.15) is 27.7 Å². The molecule has 0 bridgehead atoms. The molecule has 0 aromatic carbocycles. The third-order valence-corrected chi connectivity index (χ3v) is 3.47. The van der Waals surface area contributed by atoms with E-state index in [4.69, 9.17) is 23.7 Å². The highest BCUT2D eigenvalue weighted by molar-refractivity contribution is 5.00. The van der Waals surface area contributed by atoms with Crippen LogP contribution in [0, 0.1) is 0 Å². The molecule has 0 aromatic heterocycles. The quantitative estimate of drug-likeness (QED) is 0.685. The summed E-state index contributed by atoms with van der Waals surface area (Å²) in [5, 5.41) is 20.7. The SMILES string of the molecule is CC1(C)O[C@@H]2[C@H](O1)[C@H]1OC(C)(C)OC1O[C@@H]2C([O])O. The summed E-state index contributed by atoms with van der Waals surface area (Å²) in [7, 11) is 0. The highest BCUT2D eigenvalue weighted by Crippen LogP contribution is 2.44. The molecule has 0 aliphatic carbocycles. The monoisotopic (exact) mass is 275 g/mol. The summed E-state index contributed by atoms with van der Waals surface area (Å²) in [6, 6.07) is 0. The standard InChI is InChI=1S/C12H19O7/c1-11(2)16-5-6(17-11)8-10(15-7(5)9(13)14)19-12(3,4)18-8/h5-10,13H,1-4H3/t5-,6+,7+,8-,9?,10?/m1/s1. The van der Waals surface area contributed by atoms with Gasteiger partial charge in [-0.1, -0.05) is 0 Å². The van der Waals surface area contributed by atoms with Crippen LogP contribution in [0.3, 0.4) is 0 Å². The number of aliphatic hydroxyl groups is 1. The summed E-state index contributed by atoms with van der Waals surface area (Å²) in [4.78, 5) is 0. The van der Waals surface area contributed by atoms with Crippen LogP contribution in [0.15, 0.2) is 0 Å². The molecule has 3 saturated heterocycles. The Morgan fingerprint density at radius 2 is 1.42 bits per heavy atom. The molecule has 0 spiro atoms. The average Bonchev–Trinajstić information content (AvgIpc) is 2.70. The maximum Gasteiger partial charge on any atom is 0.218 e. The maximum absolute atomic E-state index is 11.4. The largest absolute Gasteiger partial charge is 0.364 e. The number of ether oxygens (including phenoxy) is 5. The van der Waals surface area contributed by atoms with E-state index < -0.39 is 48.6 Å². The van der Waals surface area contributed by atoms with Crippen molar-refractivity contribution in [2.75, 3.05) is 0 Å². The Morgan fingerprint density at radius 1 is 0.895 bits per heavy atom. The second kappa shape index (κ2) is 4.11. The number of rotatable bonds is 1. The van der Waals surface area contributed by atoms with Crippen molar-refractivity contribution in [3.63, 3.8) is 0 Å². The fourth-order valence-corrected chi connectivity index (χ4v) is 2.87. The molecule has 7 heteroatoms. The van der Waals surface area contributed by atoms with E-state index in [-0.39, 0.29) is 0 Å². The smallest absolute Gasteiger partial charge is 0.218 e. The third kappa shape index (κ3) is 2.29. The van der Waals surface area contributed by atoms with Crippen LogP contribution < -0.4 is 0 Å². The van der Waals surface area contributed by atoms with E-state index >= 15 is 0 Å². The number of hydrogen-bond donors (Lipinski definition) is 1. The van der Waals surface area contributed by atoms with Gasteiger partial charge < -0.3 is 28.8 Å². The van der Waals surface area contributed by atoms with Crippen LogP contribution >= 0.6 is 0 Å². The molecule has 0 aromatic rings. The van der Waals surface area contributed by atoms with Crippen molar-refractivity contribution in [2.45, 2.75) is 76.3 Å². The van der Waals surface area contributed by atoms with Gasteiger partial charge in [-0.2, -0.15) is 5.11 Å². The van der Waals surface area contributed by atoms with E-state index in [1.165, 1.54) is 0 Å². The molecule has 19 heavy (non-hydrogen) atoms.